The van der Waals surface area contributed by atoms with Gasteiger partial charge < -0.3 is 25.7 Å². The molecule has 7 heteroatoms. The van der Waals surface area contributed by atoms with E-state index in [2.05, 4.69) is 10.6 Å². The van der Waals surface area contributed by atoms with E-state index in [-0.39, 0.29) is 12.2 Å². The van der Waals surface area contributed by atoms with Crippen LogP contribution in [0.4, 0.5) is 21.9 Å². The van der Waals surface area contributed by atoms with Crippen LogP contribution in [-0.2, 0) is 0 Å². The third kappa shape index (κ3) is 3.70. The summed E-state index contributed by atoms with van der Waals surface area (Å²) >= 11 is 0. The van der Waals surface area contributed by atoms with E-state index in [9.17, 15) is 4.79 Å². The zero-order valence-corrected chi connectivity index (χ0v) is 15.7. The number of hydrogen-bond acceptors (Lipinski definition) is 5. The van der Waals surface area contributed by atoms with Crippen LogP contribution in [-0.4, -0.2) is 6.03 Å². The van der Waals surface area contributed by atoms with Gasteiger partial charge in [-0.15, -0.1) is 0 Å². The van der Waals surface area contributed by atoms with Crippen LogP contribution in [0.15, 0.2) is 71.0 Å². The summed E-state index contributed by atoms with van der Waals surface area (Å²) in [6.45, 7) is 1.97. The average molecular weight is 385 g/mol. The van der Waals surface area contributed by atoms with Gasteiger partial charge in [0, 0.05) is 34.4 Å². The summed E-state index contributed by atoms with van der Waals surface area (Å²) in [5.74, 6) is 0.781. The topological polar surface area (TPSA) is 107 Å². The Bertz CT molecular complexity index is 1110. The molecule has 1 aliphatic heterocycles. The van der Waals surface area contributed by atoms with Crippen LogP contribution < -0.4 is 21.3 Å². The number of nitrogens with zero attached hydrogens (tertiary/aromatic N) is 2. The number of carbonyl (C=O) groups excluding carboxylic acids is 1. The molecule has 0 bridgehead atoms. The molecule has 1 unspecified atom stereocenters. The van der Waals surface area contributed by atoms with E-state index in [1.807, 2.05) is 54.3 Å². The zero-order valence-electron chi connectivity index (χ0n) is 15.7. The Kier molecular flexibility index (Phi) is 4.77. The second-order valence-electron chi connectivity index (χ2n) is 6.66. The molecule has 4 N–H and O–H groups in total. The molecule has 2 heterocycles. The van der Waals surface area contributed by atoms with E-state index in [0.29, 0.717) is 16.9 Å². The Morgan fingerprint density at radius 1 is 1.07 bits per heavy atom. The van der Waals surface area contributed by atoms with Crippen LogP contribution in [0.2, 0.25) is 0 Å². The van der Waals surface area contributed by atoms with Crippen LogP contribution in [0.3, 0.4) is 0 Å². The second-order valence-corrected chi connectivity index (χ2v) is 6.66. The van der Waals surface area contributed by atoms with Crippen LogP contribution >= 0.6 is 0 Å². The Labute approximate surface area is 168 Å². The molecule has 0 saturated carbocycles. The van der Waals surface area contributed by atoms with Crippen molar-refractivity contribution in [1.29, 1.82) is 5.26 Å². The molecule has 0 radical (unpaired) electrons. The first-order valence-corrected chi connectivity index (χ1v) is 9.04. The fraction of sp³-hybridized carbons (Fsp3) is 0.0909. The number of benzene rings is 2. The monoisotopic (exact) mass is 385 g/mol. The number of anilines is 3. The number of rotatable bonds is 3. The van der Waals surface area contributed by atoms with Crippen molar-refractivity contribution in [2.24, 2.45) is 5.73 Å². The highest BCUT2D eigenvalue weighted by atomic mass is 16.3. The van der Waals surface area contributed by atoms with Gasteiger partial charge >= 0.3 is 6.03 Å². The number of nitriles is 1. The quantitative estimate of drug-likeness (QED) is 0.609. The van der Waals surface area contributed by atoms with E-state index in [1.54, 1.807) is 30.5 Å². The first-order chi connectivity index (χ1) is 14.0. The minimum absolute atomic E-state index is 0.341. The Hall–Kier alpha value is -4.02. The predicted octanol–water partition coefficient (Wildman–Crippen LogP) is 4.63. The summed E-state index contributed by atoms with van der Waals surface area (Å²) in [6, 6.07) is 17.6. The SMILES string of the molecule is CC1=Cc2occc2C(N)N1c1ccc(NC(=O)Nc2ccc(C#N)cc2)cc1. The molecule has 4 rings (SSSR count). The van der Waals surface area contributed by atoms with Crippen molar-refractivity contribution in [1.82, 2.24) is 0 Å². The smallest absolute Gasteiger partial charge is 0.323 e. The molecule has 0 aliphatic carbocycles. The average Bonchev–Trinajstić information content (AvgIpc) is 3.18. The molecule has 7 nitrogen and oxygen atoms in total. The van der Waals surface area contributed by atoms with Crippen molar-refractivity contribution >= 4 is 29.2 Å². The molecule has 0 spiro atoms. The molecular formula is C22H19N5O2. The molecule has 0 saturated heterocycles. The maximum absolute atomic E-state index is 12.2. The molecule has 1 atom stereocenters. The van der Waals surface area contributed by atoms with Crippen LogP contribution in [0.1, 0.15) is 30.0 Å². The number of urea groups is 1. The van der Waals surface area contributed by atoms with Crippen molar-refractivity contribution in [2.45, 2.75) is 13.1 Å². The number of allylic oxidation sites excluding steroid dienone is 1. The normalized spacial score (nSPS) is 15.1. The summed E-state index contributed by atoms with van der Waals surface area (Å²) in [7, 11) is 0. The standard InChI is InChI=1S/C22H19N5O2/c1-14-12-20-19(10-11-29-20)21(24)27(14)18-8-6-17(7-9-18)26-22(28)25-16-4-2-15(13-23)3-5-16/h2-12,21H,24H2,1H3,(H2,25,26,28). The summed E-state index contributed by atoms with van der Waals surface area (Å²) in [6.07, 6.45) is 3.25. The van der Waals surface area contributed by atoms with Crippen molar-refractivity contribution in [3.63, 3.8) is 0 Å². The summed E-state index contributed by atoms with van der Waals surface area (Å²) < 4.78 is 5.45. The lowest BCUT2D eigenvalue weighted by atomic mass is 10.1. The molecule has 29 heavy (non-hydrogen) atoms. The summed E-state index contributed by atoms with van der Waals surface area (Å²) in [4.78, 5) is 14.2. The van der Waals surface area contributed by atoms with E-state index in [1.165, 1.54) is 0 Å². The lowest BCUT2D eigenvalue weighted by molar-refractivity contribution is 0.262. The van der Waals surface area contributed by atoms with Gasteiger partial charge in [0.25, 0.3) is 0 Å². The van der Waals surface area contributed by atoms with Crippen molar-refractivity contribution < 1.29 is 9.21 Å². The van der Waals surface area contributed by atoms with Crippen molar-refractivity contribution in [3.8, 4) is 6.07 Å². The van der Waals surface area contributed by atoms with Gasteiger partial charge in [0.2, 0.25) is 0 Å². The summed E-state index contributed by atoms with van der Waals surface area (Å²) in [5, 5.41) is 14.3. The predicted molar refractivity (Wildman–Crippen MR) is 112 cm³/mol. The van der Waals surface area contributed by atoms with E-state index >= 15 is 0 Å². The molecule has 3 aromatic rings. The van der Waals surface area contributed by atoms with Gasteiger partial charge in [0.15, 0.2) is 0 Å². The van der Waals surface area contributed by atoms with Gasteiger partial charge in [0.1, 0.15) is 11.9 Å². The van der Waals surface area contributed by atoms with Gasteiger partial charge in [-0.3, -0.25) is 0 Å². The van der Waals surface area contributed by atoms with E-state index in [4.69, 9.17) is 15.4 Å². The molecule has 2 aromatic carbocycles. The van der Waals surface area contributed by atoms with Crippen LogP contribution in [0, 0.1) is 11.3 Å². The Morgan fingerprint density at radius 3 is 2.31 bits per heavy atom. The number of hydrogen-bond donors (Lipinski definition) is 3. The highest BCUT2D eigenvalue weighted by Gasteiger charge is 2.26. The molecule has 144 valence electrons. The minimum atomic E-state index is -0.365. The first-order valence-electron chi connectivity index (χ1n) is 9.04. The minimum Gasteiger partial charge on any atom is -0.464 e. The number of amides is 2. The highest BCUT2D eigenvalue weighted by molar-refractivity contribution is 5.99. The molecular weight excluding hydrogens is 366 g/mol. The fourth-order valence-electron chi connectivity index (χ4n) is 3.30. The van der Waals surface area contributed by atoms with Crippen LogP contribution in [0.25, 0.3) is 6.08 Å². The van der Waals surface area contributed by atoms with Gasteiger partial charge in [-0.1, -0.05) is 0 Å². The van der Waals surface area contributed by atoms with E-state index < -0.39 is 0 Å². The first kappa shape index (κ1) is 18.3. The zero-order chi connectivity index (χ0) is 20.4. The molecule has 2 amide bonds. The highest BCUT2D eigenvalue weighted by Crippen LogP contribution is 2.35. The lowest BCUT2D eigenvalue weighted by Crippen LogP contribution is -2.35. The van der Waals surface area contributed by atoms with Crippen LogP contribution in [0.5, 0.6) is 0 Å². The maximum atomic E-state index is 12.2. The van der Waals surface area contributed by atoms with Gasteiger partial charge in [-0.05, 0) is 61.5 Å². The second kappa shape index (κ2) is 7.54. The number of nitrogens with two attached hydrogens (primary N) is 1. The number of nitrogens with one attached hydrogen (secondary N) is 2. The third-order valence-corrected chi connectivity index (χ3v) is 4.72. The third-order valence-electron chi connectivity index (χ3n) is 4.72. The molecule has 1 aliphatic rings. The fourth-order valence-corrected chi connectivity index (χ4v) is 3.30. The molecule has 0 fully saturated rings. The maximum Gasteiger partial charge on any atom is 0.323 e. The van der Waals surface area contributed by atoms with Crippen molar-refractivity contribution in [2.75, 3.05) is 15.5 Å². The van der Waals surface area contributed by atoms with Gasteiger partial charge in [-0.25, -0.2) is 4.79 Å². The Balaban J connectivity index is 1.44. The largest absolute Gasteiger partial charge is 0.464 e. The molecule has 1 aromatic heterocycles. The van der Waals surface area contributed by atoms with Gasteiger partial charge in [0.05, 0.1) is 17.9 Å². The van der Waals surface area contributed by atoms with E-state index in [0.717, 1.165) is 22.7 Å². The van der Waals surface area contributed by atoms with Gasteiger partial charge in [-0.2, -0.15) is 5.26 Å². The summed E-state index contributed by atoms with van der Waals surface area (Å²) in [5.41, 5.74) is 11.0. The van der Waals surface area contributed by atoms with Crippen molar-refractivity contribution in [3.05, 3.63) is 83.4 Å². The number of fused-ring (bicyclic) bond motifs is 1. The Morgan fingerprint density at radius 2 is 1.69 bits per heavy atom. The lowest BCUT2D eigenvalue weighted by Gasteiger charge is -2.34. The number of carbonyl (C=O) groups is 1. The number of furan rings is 1.